The molecule has 0 spiro atoms. The van der Waals surface area contributed by atoms with Crippen LogP contribution in [0.3, 0.4) is 0 Å². The first kappa shape index (κ1) is 21.7. The summed E-state index contributed by atoms with van der Waals surface area (Å²) in [5, 5.41) is 12.8. The number of nitrogens with one attached hydrogen (secondary N) is 1. The number of fused-ring (bicyclic) bond motifs is 1. The van der Waals surface area contributed by atoms with Crippen LogP contribution in [0, 0.1) is 11.8 Å². The van der Waals surface area contributed by atoms with Crippen LogP contribution < -0.4 is 15.0 Å². The minimum absolute atomic E-state index is 0.185. The van der Waals surface area contributed by atoms with Crippen LogP contribution in [0.15, 0.2) is 58.7 Å². The Morgan fingerprint density at radius 1 is 1.00 bits per heavy atom. The van der Waals surface area contributed by atoms with Gasteiger partial charge in [0.05, 0.1) is 25.3 Å². The van der Waals surface area contributed by atoms with E-state index in [1.165, 1.54) is 11.3 Å². The summed E-state index contributed by atoms with van der Waals surface area (Å²) in [6, 6.07) is 15.2. The zero-order valence-corrected chi connectivity index (χ0v) is 19.1. The first-order valence-electron chi connectivity index (χ1n) is 10.0. The van der Waals surface area contributed by atoms with E-state index >= 15 is 0 Å². The number of aromatic amines is 1. The van der Waals surface area contributed by atoms with Gasteiger partial charge in [0.2, 0.25) is 0 Å². The molecule has 4 aromatic rings. The van der Waals surface area contributed by atoms with E-state index in [-0.39, 0.29) is 5.56 Å². The van der Waals surface area contributed by atoms with Crippen LogP contribution in [0.5, 0.6) is 11.5 Å². The third-order valence-electron chi connectivity index (χ3n) is 4.95. The summed E-state index contributed by atoms with van der Waals surface area (Å²) in [6.07, 6.45) is 0. The molecule has 0 radical (unpaired) electrons. The number of H-pyrrole nitrogens is 1. The highest BCUT2D eigenvalue weighted by Gasteiger charge is 2.19. The van der Waals surface area contributed by atoms with Crippen molar-refractivity contribution in [2.45, 2.75) is 19.4 Å². The molecular formula is C26H23NO4S. The van der Waals surface area contributed by atoms with Crippen molar-refractivity contribution in [1.82, 2.24) is 4.98 Å². The van der Waals surface area contributed by atoms with Crippen molar-refractivity contribution >= 4 is 22.2 Å². The van der Waals surface area contributed by atoms with E-state index in [0.29, 0.717) is 22.6 Å². The molecule has 0 atom stereocenters. The van der Waals surface area contributed by atoms with Gasteiger partial charge in [0.25, 0.3) is 5.56 Å². The second-order valence-corrected chi connectivity index (χ2v) is 8.77. The second kappa shape index (κ2) is 8.54. The first-order chi connectivity index (χ1) is 15.3. The molecular weight excluding hydrogens is 422 g/mol. The molecule has 162 valence electrons. The molecule has 0 saturated heterocycles. The number of hydrogen-bond donors (Lipinski definition) is 2. The normalized spacial score (nSPS) is 11.2. The van der Waals surface area contributed by atoms with Crippen molar-refractivity contribution in [1.29, 1.82) is 0 Å². The van der Waals surface area contributed by atoms with Gasteiger partial charge in [0.15, 0.2) is 11.5 Å². The number of benzene rings is 2. The molecule has 0 amide bonds. The quantitative estimate of drug-likeness (QED) is 0.431. The number of pyridine rings is 1. The van der Waals surface area contributed by atoms with Crippen LogP contribution in [-0.2, 0) is 0 Å². The van der Waals surface area contributed by atoms with Gasteiger partial charge in [-0.1, -0.05) is 30.0 Å². The van der Waals surface area contributed by atoms with Crippen LogP contribution in [0.25, 0.3) is 32.5 Å². The van der Waals surface area contributed by atoms with Crippen molar-refractivity contribution in [3.63, 3.8) is 0 Å². The van der Waals surface area contributed by atoms with E-state index in [2.05, 4.69) is 16.8 Å². The third kappa shape index (κ3) is 4.26. The number of hydrogen-bond acceptors (Lipinski definition) is 5. The zero-order chi connectivity index (χ0) is 22.9. The van der Waals surface area contributed by atoms with Crippen LogP contribution in [-0.4, -0.2) is 29.9 Å². The summed E-state index contributed by atoms with van der Waals surface area (Å²) in [6.45, 7) is 3.28. The maximum atomic E-state index is 13.2. The smallest absolute Gasteiger partial charge is 0.257 e. The minimum Gasteiger partial charge on any atom is -0.493 e. The number of rotatable bonds is 4. The minimum atomic E-state index is -1.10. The van der Waals surface area contributed by atoms with Gasteiger partial charge in [-0.15, -0.1) is 11.3 Å². The Hall–Kier alpha value is -3.53. The van der Waals surface area contributed by atoms with E-state index in [1.54, 1.807) is 34.1 Å². The van der Waals surface area contributed by atoms with Gasteiger partial charge in [0.1, 0.15) is 5.60 Å². The average molecular weight is 446 g/mol. The molecule has 0 unspecified atom stereocenters. The topological polar surface area (TPSA) is 71.6 Å². The fraction of sp³-hybridized carbons (Fsp3) is 0.192. The summed E-state index contributed by atoms with van der Waals surface area (Å²) in [4.78, 5) is 17.1. The van der Waals surface area contributed by atoms with Crippen molar-refractivity contribution in [3.8, 4) is 44.9 Å². The van der Waals surface area contributed by atoms with Gasteiger partial charge in [-0.2, -0.15) is 0 Å². The highest BCUT2D eigenvalue weighted by molar-refractivity contribution is 7.13. The monoisotopic (exact) mass is 445 g/mol. The van der Waals surface area contributed by atoms with Gasteiger partial charge in [0, 0.05) is 27.5 Å². The molecule has 0 aliphatic rings. The number of aromatic nitrogens is 1. The molecule has 2 N–H and O–H groups in total. The standard InChI is InChI=1S/C26H23NO4S/c1-26(2,29)11-10-16-7-5-8-17(13-16)23-18-14-20(30-3)21(31-4)15-19(18)27-25(28)24(23)22-9-6-12-32-22/h5-9,12-15,29H,1-4H3,(H,27,28). The predicted octanol–water partition coefficient (Wildman–Crippen LogP) is 5.06. The summed E-state index contributed by atoms with van der Waals surface area (Å²) in [5.74, 6) is 6.98. The largest absolute Gasteiger partial charge is 0.493 e. The maximum Gasteiger partial charge on any atom is 0.257 e. The van der Waals surface area contributed by atoms with Gasteiger partial charge < -0.3 is 19.6 Å². The highest BCUT2D eigenvalue weighted by atomic mass is 32.1. The van der Waals surface area contributed by atoms with Crippen molar-refractivity contribution in [2.24, 2.45) is 0 Å². The summed E-state index contributed by atoms with van der Waals surface area (Å²) < 4.78 is 11.0. The van der Waals surface area contributed by atoms with Crippen molar-refractivity contribution in [3.05, 3.63) is 69.8 Å². The molecule has 2 aromatic heterocycles. The lowest BCUT2D eigenvalue weighted by Gasteiger charge is -2.15. The lowest BCUT2D eigenvalue weighted by Crippen LogP contribution is -2.14. The Balaban J connectivity index is 2.07. The Morgan fingerprint density at radius 2 is 1.75 bits per heavy atom. The predicted molar refractivity (Wildman–Crippen MR) is 130 cm³/mol. The summed E-state index contributed by atoms with van der Waals surface area (Å²) in [7, 11) is 3.15. The maximum absolute atomic E-state index is 13.2. The lowest BCUT2D eigenvalue weighted by atomic mass is 9.94. The summed E-state index contributed by atoms with van der Waals surface area (Å²) in [5.41, 5.74) is 2.34. The molecule has 5 nitrogen and oxygen atoms in total. The third-order valence-corrected chi connectivity index (χ3v) is 5.84. The Labute approximate surface area is 190 Å². The van der Waals surface area contributed by atoms with Gasteiger partial charge >= 0.3 is 0 Å². The molecule has 32 heavy (non-hydrogen) atoms. The molecule has 4 rings (SSSR count). The second-order valence-electron chi connectivity index (χ2n) is 7.82. The van der Waals surface area contributed by atoms with E-state index in [9.17, 15) is 9.90 Å². The number of ether oxygens (including phenoxy) is 2. The SMILES string of the molecule is COc1cc2[nH]c(=O)c(-c3cccs3)c(-c3cccc(C#CC(C)(C)O)c3)c2cc1OC. The highest BCUT2D eigenvalue weighted by Crippen LogP contribution is 2.40. The van der Waals surface area contributed by atoms with Crippen LogP contribution in [0.4, 0.5) is 0 Å². The number of aliphatic hydroxyl groups is 1. The van der Waals surface area contributed by atoms with E-state index in [0.717, 1.165) is 27.0 Å². The Bertz CT molecular complexity index is 1400. The van der Waals surface area contributed by atoms with Crippen molar-refractivity contribution < 1.29 is 14.6 Å². The van der Waals surface area contributed by atoms with Gasteiger partial charge in [-0.3, -0.25) is 4.79 Å². The van der Waals surface area contributed by atoms with Crippen LogP contribution in [0.2, 0.25) is 0 Å². The molecule has 2 aromatic carbocycles. The molecule has 6 heteroatoms. The molecule has 0 aliphatic heterocycles. The Morgan fingerprint density at radius 3 is 2.41 bits per heavy atom. The molecule has 2 heterocycles. The zero-order valence-electron chi connectivity index (χ0n) is 18.3. The lowest BCUT2D eigenvalue weighted by molar-refractivity contribution is 0.143. The number of methoxy groups -OCH3 is 2. The first-order valence-corrected chi connectivity index (χ1v) is 10.9. The average Bonchev–Trinajstić information content (AvgIpc) is 3.30. The van der Waals surface area contributed by atoms with Gasteiger partial charge in [-0.05, 0) is 49.1 Å². The van der Waals surface area contributed by atoms with Gasteiger partial charge in [-0.25, -0.2) is 0 Å². The number of thiophene rings is 1. The molecule has 0 aliphatic carbocycles. The van der Waals surface area contributed by atoms with E-state index in [4.69, 9.17) is 9.47 Å². The molecule has 0 bridgehead atoms. The van der Waals surface area contributed by atoms with Crippen molar-refractivity contribution in [2.75, 3.05) is 14.2 Å². The van der Waals surface area contributed by atoms with E-state index in [1.807, 2.05) is 47.8 Å². The van der Waals surface area contributed by atoms with Crippen LogP contribution in [0.1, 0.15) is 19.4 Å². The fourth-order valence-corrected chi connectivity index (χ4v) is 4.33. The van der Waals surface area contributed by atoms with Crippen LogP contribution >= 0.6 is 11.3 Å². The Kier molecular flexibility index (Phi) is 5.79. The van der Waals surface area contributed by atoms with E-state index < -0.39 is 5.60 Å². The summed E-state index contributed by atoms with van der Waals surface area (Å²) >= 11 is 1.51. The fourth-order valence-electron chi connectivity index (χ4n) is 3.56. The molecule has 0 saturated carbocycles. The molecule has 0 fully saturated rings.